The molecule has 0 saturated carbocycles. The molecule has 1 aromatic heterocycles. The molecular formula is C10H9F2N3S2. The van der Waals surface area contributed by atoms with Crippen LogP contribution in [0.2, 0.25) is 0 Å². The predicted molar refractivity (Wildman–Crippen MR) is 65.4 cm³/mol. The van der Waals surface area contributed by atoms with Crippen LogP contribution in [0.15, 0.2) is 23.1 Å². The summed E-state index contributed by atoms with van der Waals surface area (Å²) in [5, 5.41) is 12.2. The van der Waals surface area contributed by atoms with E-state index in [1.165, 1.54) is 35.2 Å². The molecule has 1 aromatic carbocycles. The second-order valence-corrected chi connectivity index (χ2v) is 5.19. The fraction of sp³-hybridized carbons (Fsp3) is 0.200. The lowest BCUT2D eigenvalue weighted by molar-refractivity contribution is 0.565. The number of nitrogens with zero attached hydrogens (tertiary/aromatic N) is 2. The van der Waals surface area contributed by atoms with E-state index in [1.807, 2.05) is 0 Å². The Bertz CT molecular complexity index is 516. The maximum absolute atomic E-state index is 13.3. The van der Waals surface area contributed by atoms with E-state index in [4.69, 9.17) is 0 Å². The number of anilines is 1. The molecule has 1 heterocycles. The standard InChI is InChI=1S/C10H9F2N3S2/c1-13-10-15-14-9(17-10)5-16-8-3-2-6(11)4-7(8)12/h2-4H,5H2,1H3,(H,13,15). The zero-order chi connectivity index (χ0) is 12.3. The van der Waals surface area contributed by atoms with Crippen molar-refractivity contribution in [1.82, 2.24) is 10.2 Å². The van der Waals surface area contributed by atoms with Crippen LogP contribution in [0.5, 0.6) is 0 Å². The lowest BCUT2D eigenvalue weighted by Crippen LogP contribution is -1.85. The summed E-state index contributed by atoms with van der Waals surface area (Å²) in [4.78, 5) is 0.410. The Kier molecular flexibility index (Phi) is 3.90. The van der Waals surface area contributed by atoms with Crippen molar-refractivity contribution >= 4 is 28.2 Å². The van der Waals surface area contributed by atoms with E-state index >= 15 is 0 Å². The van der Waals surface area contributed by atoms with E-state index in [1.54, 1.807) is 7.05 Å². The van der Waals surface area contributed by atoms with Crippen molar-refractivity contribution in [3.05, 3.63) is 34.8 Å². The molecule has 7 heteroatoms. The van der Waals surface area contributed by atoms with Gasteiger partial charge in [-0.1, -0.05) is 11.3 Å². The van der Waals surface area contributed by atoms with Crippen LogP contribution in [0.1, 0.15) is 5.01 Å². The number of hydrogen-bond acceptors (Lipinski definition) is 5. The molecular weight excluding hydrogens is 264 g/mol. The van der Waals surface area contributed by atoms with Gasteiger partial charge >= 0.3 is 0 Å². The number of aromatic nitrogens is 2. The molecule has 2 aromatic rings. The van der Waals surface area contributed by atoms with E-state index < -0.39 is 11.6 Å². The van der Waals surface area contributed by atoms with Gasteiger partial charge < -0.3 is 5.32 Å². The number of benzene rings is 1. The van der Waals surface area contributed by atoms with E-state index in [0.717, 1.165) is 16.2 Å². The normalized spacial score (nSPS) is 10.5. The Morgan fingerprint density at radius 2 is 2.18 bits per heavy atom. The van der Waals surface area contributed by atoms with Gasteiger partial charge in [0.2, 0.25) is 5.13 Å². The fourth-order valence-electron chi connectivity index (χ4n) is 1.14. The molecule has 0 fully saturated rings. The number of rotatable bonds is 4. The molecule has 0 bridgehead atoms. The monoisotopic (exact) mass is 273 g/mol. The molecule has 0 saturated heterocycles. The van der Waals surface area contributed by atoms with Gasteiger partial charge in [0.15, 0.2) is 0 Å². The number of thioether (sulfide) groups is 1. The maximum Gasteiger partial charge on any atom is 0.205 e. The minimum atomic E-state index is -0.569. The average molecular weight is 273 g/mol. The van der Waals surface area contributed by atoms with Gasteiger partial charge in [-0.2, -0.15) is 0 Å². The number of nitrogens with one attached hydrogen (secondary N) is 1. The first-order chi connectivity index (χ1) is 8.19. The van der Waals surface area contributed by atoms with Crippen LogP contribution >= 0.6 is 23.1 Å². The zero-order valence-electron chi connectivity index (χ0n) is 8.91. The summed E-state index contributed by atoms with van der Waals surface area (Å²) in [6, 6.07) is 3.54. The fourth-order valence-corrected chi connectivity index (χ4v) is 2.74. The van der Waals surface area contributed by atoms with Crippen molar-refractivity contribution in [1.29, 1.82) is 0 Å². The Morgan fingerprint density at radius 3 is 2.82 bits per heavy atom. The highest BCUT2D eigenvalue weighted by Crippen LogP contribution is 2.27. The summed E-state index contributed by atoms with van der Waals surface area (Å²) in [5.41, 5.74) is 0. The van der Waals surface area contributed by atoms with Crippen molar-refractivity contribution in [3.63, 3.8) is 0 Å². The van der Waals surface area contributed by atoms with Crippen LogP contribution in [0.4, 0.5) is 13.9 Å². The zero-order valence-corrected chi connectivity index (χ0v) is 10.5. The van der Waals surface area contributed by atoms with E-state index in [2.05, 4.69) is 15.5 Å². The maximum atomic E-state index is 13.3. The molecule has 0 spiro atoms. The second kappa shape index (κ2) is 5.42. The Hall–Kier alpha value is -1.21. The third-order valence-electron chi connectivity index (χ3n) is 1.93. The largest absolute Gasteiger partial charge is 0.363 e. The van der Waals surface area contributed by atoms with Gasteiger partial charge in [0.05, 0.1) is 5.75 Å². The van der Waals surface area contributed by atoms with Crippen molar-refractivity contribution in [2.45, 2.75) is 10.6 Å². The van der Waals surface area contributed by atoms with Crippen LogP contribution < -0.4 is 5.32 Å². The molecule has 1 N–H and O–H groups in total. The van der Waals surface area contributed by atoms with Gasteiger partial charge in [0.1, 0.15) is 16.6 Å². The van der Waals surface area contributed by atoms with Crippen molar-refractivity contribution < 1.29 is 8.78 Å². The number of halogens is 2. The van der Waals surface area contributed by atoms with Gasteiger partial charge in [0, 0.05) is 18.0 Å². The van der Waals surface area contributed by atoms with Gasteiger partial charge in [-0.3, -0.25) is 0 Å². The molecule has 2 rings (SSSR count). The summed E-state index contributed by atoms with van der Waals surface area (Å²) in [6.07, 6.45) is 0. The quantitative estimate of drug-likeness (QED) is 0.868. The Labute approximate surface area is 105 Å². The highest BCUT2D eigenvalue weighted by Gasteiger charge is 2.07. The number of hydrogen-bond donors (Lipinski definition) is 1. The minimum Gasteiger partial charge on any atom is -0.363 e. The minimum absolute atomic E-state index is 0.410. The Morgan fingerprint density at radius 1 is 1.35 bits per heavy atom. The van der Waals surface area contributed by atoms with E-state index in [-0.39, 0.29) is 0 Å². The summed E-state index contributed by atoms with van der Waals surface area (Å²) in [5.74, 6) is -0.601. The Balaban J connectivity index is 2.02. The van der Waals surface area contributed by atoms with Gasteiger partial charge in [-0.05, 0) is 12.1 Å². The topological polar surface area (TPSA) is 37.8 Å². The summed E-state index contributed by atoms with van der Waals surface area (Å²) in [7, 11) is 1.76. The van der Waals surface area contributed by atoms with Gasteiger partial charge in [-0.15, -0.1) is 22.0 Å². The molecule has 0 unspecified atom stereocenters. The lowest BCUT2D eigenvalue weighted by Gasteiger charge is -2.00. The van der Waals surface area contributed by atoms with Crippen molar-refractivity contribution in [2.24, 2.45) is 0 Å². The molecule has 0 aliphatic carbocycles. The van der Waals surface area contributed by atoms with Crippen LogP contribution in [-0.4, -0.2) is 17.2 Å². The molecule has 0 aliphatic rings. The van der Waals surface area contributed by atoms with E-state index in [9.17, 15) is 8.78 Å². The second-order valence-electron chi connectivity index (χ2n) is 3.11. The van der Waals surface area contributed by atoms with Gasteiger partial charge in [0.25, 0.3) is 0 Å². The van der Waals surface area contributed by atoms with Crippen molar-refractivity contribution in [3.8, 4) is 0 Å². The first-order valence-corrected chi connectivity index (χ1v) is 6.57. The van der Waals surface area contributed by atoms with Crippen LogP contribution in [-0.2, 0) is 5.75 Å². The van der Waals surface area contributed by atoms with Crippen molar-refractivity contribution in [2.75, 3.05) is 12.4 Å². The molecule has 0 atom stereocenters. The highest BCUT2D eigenvalue weighted by molar-refractivity contribution is 7.98. The molecule has 0 amide bonds. The first kappa shape index (κ1) is 12.3. The van der Waals surface area contributed by atoms with Gasteiger partial charge in [-0.25, -0.2) is 8.78 Å². The van der Waals surface area contributed by atoms with Crippen LogP contribution in [0, 0.1) is 11.6 Å². The molecule has 0 radical (unpaired) electrons. The molecule has 3 nitrogen and oxygen atoms in total. The first-order valence-electron chi connectivity index (χ1n) is 4.77. The highest BCUT2D eigenvalue weighted by atomic mass is 32.2. The summed E-state index contributed by atoms with van der Waals surface area (Å²) >= 11 is 2.68. The van der Waals surface area contributed by atoms with Crippen LogP contribution in [0.25, 0.3) is 0 Å². The third kappa shape index (κ3) is 3.13. The third-order valence-corrected chi connectivity index (χ3v) is 4.11. The SMILES string of the molecule is CNc1nnc(CSc2ccc(F)cc2F)s1. The van der Waals surface area contributed by atoms with Crippen LogP contribution in [0.3, 0.4) is 0 Å². The summed E-state index contributed by atoms with van der Waals surface area (Å²) < 4.78 is 26.0. The molecule has 17 heavy (non-hydrogen) atoms. The predicted octanol–water partition coefficient (Wildman–Crippen LogP) is 3.15. The molecule has 90 valence electrons. The molecule has 0 aliphatic heterocycles. The average Bonchev–Trinajstić information content (AvgIpc) is 2.76. The van der Waals surface area contributed by atoms with E-state index in [0.29, 0.717) is 10.6 Å². The summed E-state index contributed by atoms with van der Waals surface area (Å²) in [6.45, 7) is 0. The lowest BCUT2D eigenvalue weighted by atomic mass is 10.3. The smallest absolute Gasteiger partial charge is 0.205 e.